The van der Waals surface area contributed by atoms with E-state index in [-0.39, 0.29) is 30.1 Å². The Hall–Kier alpha value is -2.29. The molecule has 2 heterocycles. The fourth-order valence-corrected chi connectivity index (χ4v) is 3.26. The highest BCUT2D eigenvalue weighted by atomic mass is 35.5. The van der Waals surface area contributed by atoms with Gasteiger partial charge in [-0.3, -0.25) is 14.7 Å². The van der Waals surface area contributed by atoms with Crippen LogP contribution in [0.5, 0.6) is 5.75 Å². The number of hydrogen-bond donors (Lipinski definition) is 2. The second-order valence-electron chi connectivity index (χ2n) is 6.60. The number of benzene rings is 1. The van der Waals surface area contributed by atoms with Gasteiger partial charge in [-0.1, -0.05) is 18.2 Å². The maximum atomic E-state index is 12.4. The highest BCUT2D eigenvalue weighted by Crippen LogP contribution is 2.20. The topological polar surface area (TPSA) is 66.5 Å². The van der Waals surface area contributed by atoms with Crippen LogP contribution < -0.4 is 15.4 Å². The molecule has 0 radical (unpaired) electrons. The first-order chi connectivity index (χ1) is 13.6. The van der Waals surface area contributed by atoms with Gasteiger partial charge in [0.25, 0.3) is 0 Å². The smallest absolute Gasteiger partial charge is 0.387 e. The Morgan fingerprint density at radius 3 is 2.79 bits per heavy atom. The predicted octanol–water partition coefficient (Wildman–Crippen LogP) is 2.41. The third-order valence-electron chi connectivity index (χ3n) is 4.65. The van der Waals surface area contributed by atoms with Crippen molar-refractivity contribution in [3.8, 4) is 5.75 Å². The third kappa shape index (κ3) is 7.23. The number of carbonyl (C=O) groups excluding carboxylic acids is 1. The van der Waals surface area contributed by atoms with Crippen LogP contribution in [0.4, 0.5) is 8.78 Å². The second-order valence-corrected chi connectivity index (χ2v) is 6.60. The van der Waals surface area contributed by atoms with E-state index in [1.165, 1.54) is 12.1 Å². The minimum Gasteiger partial charge on any atom is -0.435 e. The van der Waals surface area contributed by atoms with Crippen molar-refractivity contribution in [1.29, 1.82) is 0 Å². The summed E-state index contributed by atoms with van der Waals surface area (Å²) in [6, 6.07) is 10.5. The van der Waals surface area contributed by atoms with E-state index in [1.807, 2.05) is 18.3 Å². The fourth-order valence-electron chi connectivity index (χ4n) is 3.26. The van der Waals surface area contributed by atoms with E-state index >= 15 is 0 Å². The van der Waals surface area contributed by atoms with Crippen molar-refractivity contribution in [2.24, 2.45) is 0 Å². The van der Waals surface area contributed by atoms with E-state index < -0.39 is 6.61 Å². The summed E-state index contributed by atoms with van der Waals surface area (Å²) in [6.45, 7) is 0.396. The zero-order valence-corrected chi connectivity index (χ0v) is 16.7. The molecule has 158 valence electrons. The molecule has 0 aliphatic carbocycles. The Labute approximate surface area is 175 Å². The lowest BCUT2D eigenvalue weighted by Gasteiger charge is -2.35. The molecule has 0 spiro atoms. The van der Waals surface area contributed by atoms with Gasteiger partial charge >= 0.3 is 6.61 Å². The van der Waals surface area contributed by atoms with Crippen LogP contribution in [-0.4, -0.2) is 55.1 Å². The summed E-state index contributed by atoms with van der Waals surface area (Å²) >= 11 is 0. The number of amides is 1. The standard InChI is InChI=1S/C20H24F2N4O2.ClH/c21-20(22)28-17-5-3-15(4-6-17)7-9-25-19(27)14-26-11-10-24-13-18(26)16-2-1-8-23-12-16;/h1-6,8,12,18,20,24H,7,9-11,13-14H2,(H,25,27);1H. The quantitative estimate of drug-likeness (QED) is 0.678. The molecule has 0 saturated carbocycles. The molecule has 9 heteroatoms. The summed E-state index contributed by atoms with van der Waals surface area (Å²) in [6.07, 6.45) is 4.20. The molecule has 0 bridgehead atoms. The molecule has 1 aromatic heterocycles. The van der Waals surface area contributed by atoms with Crippen molar-refractivity contribution in [3.63, 3.8) is 0 Å². The molecule has 1 aromatic carbocycles. The highest BCUT2D eigenvalue weighted by Gasteiger charge is 2.25. The molecule has 6 nitrogen and oxygen atoms in total. The first kappa shape index (κ1) is 23.0. The number of rotatable bonds is 8. The Morgan fingerprint density at radius 2 is 2.10 bits per heavy atom. The minimum atomic E-state index is -2.83. The molecule has 2 N–H and O–H groups in total. The summed E-state index contributed by atoms with van der Waals surface area (Å²) in [5, 5.41) is 6.29. The number of nitrogens with one attached hydrogen (secondary N) is 2. The molecule has 1 aliphatic rings. The van der Waals surface area contributed by atoms with Crippen LogP contribution in [0.15, 0.2) is 48.8 Å². The van der Waals surface area contributed by atoms with Crippen molar-refractivity contribution in [2.45, 2.75) is 19.1 Å². The zero-order chi connectivity index (χ0) is 19.8. The van der Waals surface area contributed by atoms with Gasteiger partial charge in [0.15, 0.2) is 0 Å². The Bertz CT molecular complexity index is 750. The number of pyridine rings is 1. The normalized spacial score (nSPS) is 16.9. The number of hydrogen-bond acceptors (Lipinski definition) is 5. The number of piperazine rings is 1. The summed E-state index contributed by atoms with van der Waals surface area (Å²) in [5.41, 5.74) is 2.03. The lowest BCUT2D eigenvalue weighted by atomic mass is 10.1. The highest BCUT2D eigenvalue weighted by molar-refractivity contribution is 5.85. The zero-order valence-electron chi connectivity index (χ0n) is 15.9. The molecule has 3 rings (SSSR count). The molecule has 1 saturated heterocycles. The van der Waals surface area contributed by atoms with Crippen LogP contribution in [0.3, 0.4) is 0 Å². The van der Waals surface area contributed by atoms with Crippen molar-refractivity contribution in [3.05, 3.63) is 59.9 Å². The molecule has 1 unspecified atom stereocenters. The van der Waals surface area contributed by atoms with Crippen LogP contribution in [0.25, 0.3) is 0 Å². The molecule has 1 aliphatic heterocycles. The van der Waals surface area contributed by atoms with Gasteiger partial charge in [-0.25, -0.2) is 0 Å². The molecule has 2 aromatic rings. The lowest BCUT2D eigenvalue weighted by molar-refractivity contribution is -0.123. The van der Waals surface area contributed by atoms with Crippen molar-refractivity contribution in [1.82, 2.24) is 20.5 Å². The van der Waals surface area contributed by atoms with Gasteiger partial charge in [-0.2, -0.15) is 8.78 Å². The summed E-state index contributed by atoms with van der Waals surface area (Å²) in [4.78, 5) is 18.7. The van der Waals surface area contributed by atoms with Gasteiger partial charge in [-0.15, -0.1) is 12.4 Å². The molecular weight excluding hydrogens is 402 g/mol. The number of aromatic nitrogens is 1. The van der Waals surface area contributed by atoms with Crippen LogP contribution in [0.1, 0.15) is 17.2 Å². The molecule has 1 atom stereocenters. The minimum absolute atomic E-state index is 0. The maximum Gasteiger partial charge on any atom is 0.387 e. The van der Waals surface area contributed by atoms with E-state index in [4.69, 9.17) is 0 Å². The average molecular weight is 427 g/mol. The molecular formula is C20H25ClF2N4O2. The molecule has 29 heavy (non-hydrogen) atoms. The van der Waals surface area contributed by atoms with Gasteiger partial charge in [0.05, 0.1) is 6.54 Å². The van der Waals surface area contributed by atoms with Crippen LogP contribution in [-0.2, 0) is 11.2 Å². The number of ether oxygens (including phenoxy) is 1. The maximum absolute atomic E-state index is 12.4. The Balaban J connectivity index is 0.00000300. The molecule has 1 amide bonds. The van der Waals surface area contributed by atoms with E-state index in [1.54, 1.807) is 18.3 Å². The Kier molecular flexibility index (Phi) is 9.24. The average Bonchev–Trinajstić information content (AvgIpc) is 2.70. The molecule has 1 fully saturated rings. The van der Waals surface area contributed by atoms with Gasteiger partial charge in [-0.05, 0) is 35.7 Å². The van der Waals surface area contributed by atoms with Gasteiger partial charge in [0, 0.05) is 44.6 Å². The first-order valence-corrected chi connectivity index (χ1v) is 9.27. The van der Waals surface area contributed by atoms with Crippen molar-refractivity contribution >= 4 is 18.3 Å². The third-order valence-corrected chi connectivity index (χ3v) is 4.65. The van der Waals surface area contributed by atoms with Crippen molar-refractivity contribution < 1.29 is 18.3 Å². The van der Waals surface area contributed by atoms with Crippen molar-refractivity contribution in [2.75, 3.05) is 32.7 Å². The first-order valence-electron chi connectivity index (χ1n) is 9.27. The largest absolute Gasteiger partial charge is 0.435 e. The van der Waals surface area contributed by atoms with E-state index in [0.717, 1.165) is 30.8 Å². The van der Waals surface area contributed by atoms with E-state index in [2.05, 4.69) is 25.3 Å². The fraction of sp³-hybridized carbons (Fsp3) is 0.400. The van der Waals surface area contributed by atoms with Gasteiger partial charge < -0.3 is 15.4 Å². The van der Waals surface area contributed by atoms with E-state index in [9.17, 15) is 13.6 Å². The monoisotopic (exact) mass is 426 g/mol. The summed E-state index contributed by atoms with van der Waals surface area (Å²) < 4.78 is 28.6. The number of halogens is 3. The predicted molar refractivity (Wildman–Crippen MR) is 108 cm³/mol. The number of nitrogens with zero attached hydrogens (tertiary/aromatic N) is 2. The van der Waals surface area contributed by atoms with Crippen LogP contribution >= 0.6 is 12.4 Å². The SMILES string of the molecule is Cl.O=C(CN1CCNCC1c1cccnc1)NCCc1ccc(OC(F)F)cc1. The van der Waals surface area contributed by atoms with Gasteiger partial charge in [0.1, 0.15) is 5.75 Å². The van der Waals surface area contributed by atoms with E-state index in [0.29, 0.717) is 19.5 Å². The Morgan fingerprint density at radius 1 is 1.31 bits per heavy atom. The number of carbonyl (C=O) groups is 1. The summed E-state index contributed by atoms with van der Waals surface area (Å²) in [7, 11) is 0. The number of alkyl halides is 2. The lowest BCUT2D eigenvalue weighted by Crippen LogP contribution is -2.49. The second kappa shape index (κ2) is 11.6. The van der Waals surface area contributed by atoms with Crippen LogP contribution in [0.2, 0.25) is 0 Å². The summed E-state index contributed by atoms with van der Waals surface area (Å²) in [5.74, 6) is 0.0939. The van der Waals surface area contributed by atoms with Crippen LogP contribution in [0, 0.1) is 0 Å². The van der Waals surface area contributed by atoms with Gasteiger partial charge in [0.2, 0.25) is 5.91 Å².